The molecule has 20 rings (SSSR count). The van der Waals surface area contributed by atoms with Gasteiger partial charge in [0, 0.05) is 79.7 Å². The minimum atomic E-state index is -0.607. The van der Waals surface area contributed by atoms with Crippen LogP contribution in [0.2, 0.25) is 21.0 Å². The van der Waals surface area contributed by atoms with Crippen molar-refractivity contribution in [1.82, 2.24) is 49.8 Å². The lowest BCUT2D eigenvalue weighted by molar-refractivity contribution is -0.143. The van der Waals surface area contributed by atoms with E-state index in [1.165, 1.54) is 57.2 Å². The highest BCUT2D eigenvalue weighted by molar-refractivity contribution is 7.71. The number of nitrogens with one attached hydrogen (secondary N) is 6. The third-order valence-corrected chi connectivity index (χ3v) is 22.2. The van der Waals surface area contributed by atoms with E-state index in [1.807, 2.05) is 127 Å². The summed E-state index contributed by atoms with van der Waals surface area (Å²) in [5, 5.41) is 4.66. The first-order chi connectivity index (χ1) is 56.0. The maximum absolute atomic E-state index is 11.9. The van der Waals surface area contributed by atoms with Gasteiger partial charge in [0.05, 0.1) is 35.6 Å². The molecule has 0 aliphatic heterocycles. The van der Waals surface area contributed by atoms with Gasteiger partial charge in [-0.3, -0.25) is 33.9 Å². The average Bonchev–Trinajstić information content (AvgIpc) is 0.787. The van der Waals surface area contributed by atoms with Crippen LogP contribution in [0.4, 0.5) is 11.6 Å². The van der Waals surface area contributed by atoms with Gasteiger partial charge in [-0.1, -0.05) is 264 Å². The van der Waals surface area contributed by atoms with Gasteiger partial charge in [-0.15, -0.1) is 0 Å². The van der Waals surface area contributed by atoms with Gasteiger partial charge in [-0.2, -0.15) is 4.98 Å². The van der Waals surface area contributed by atoms with Crippen LogP contribution >= 0.6 is 58.6 Å². The molecule has 0 radical (unpaired) electrons. The van der Waals surface area contributed by atoms with Gasteiger partial charge in [-0.05, 0) is 188 Å². The molecule has 0 bridgehead atoms. The third kappa shape index (κ3) is 22.5. The molecule has 13 aromatic rings. The Morgan fingerprint density at radius 2 is 0.787 bits per heavy atom. The number of nitrogens with zero attached hydrogens (tertiary/aromatic N) is 6. The summed E-state index contributed by atoms with van der Waals surface area (Å²) in [6, 6.07) is 66.5. The number of ether oxygens (including phenoxy) is 1. The molecular weight excluding hydrogens is 1630 g/mol. The molecule has 122 heavy (non-hydrogen) atoms. The standard InChI is InChI=1S/C20H18ClN3.C12H8Cl2N2.C12H11ClN4.C12H10N2O2.C12H10N2OS.C12H12O3.C10H10O.7CH4/c21-20-23-18-16-9-5-4-8-15(16)10-11-17(18)19(24-20)22-13-12-14-6-2-1-3-7-14;13-11-9-6-5-7-3-1-2-4-8(7)10(9)15-12(14)16-11;13-12-15-10-8-4-2-1-3-7(8)5-6-9(10)11(16-12)17-14;2*15-11-9-6-5-7-3-1-2-4-8(7)10(9)13-12(16)14-11;1-15-12(14)10-7-6-8-4-2-3-5-9(8)11(10)13;11-10-7-3-5-8-4-1-2-6-9(8)10;;;;;;;/h1-9H,10-13H2,(H,22,23,24);1-4H,5-6H2;1-4H,5-6,14H2,(H,15,16,17);2*1-4H,5-6H2,(H2,13,14,15,16);2-5,10H,6-7H2,1H3;1-2,4,6H,3,5,7H2;7*1H4. The molecule has 7 aliphatic carbocycles. The highest BCUT2D eigenvalue weighted by atomic mass is 35.5. The van der Waals surface area contributed by atoms with Crippen LogP contribution < -0.4 is 33.4 Å². The summed E-state index contributed by atoms with van der Waals surface area (Å²) in [5.41, 5.74) is 27.8. The molecule has 0 amide bonds. The fourth-order valence-electron chi connectivity index (χ4n) is 15.6. The number of nitrogen functional groups attached to an aromatic ring is 1. The van der Waals surface area contributed by atoms with Crippen LogP contribution in [0.25, 0.3) is 56.3 Å². The topological polar surface area (TPSA) is 302 Å². The minimum absolute atomic E-state index is 0. The first kappa shape index (κ1) is 97.4. The van der Waals surface area contributed by atoms with E-state index in [1.54, 1.807) is 6.07 Å². The number of carbonyl (C=O) groups is 3. The lowest BCUT2D eigenvalue weighted by atomic mass is 9.83. The van der Waals surface area contributed by atoms with Crippen molar-refractivity contribution in [1.29, 1.82) is 0 Å². The first-order valence-electron chi connectivity index (χ1n) is 38.0. The van der Waals surface area contributed by atoms with Crippen LogP contribution in [-0.2, 0) is 93.0 Å². The molecule has 1 atom stereocenters. The van der Waals surface area contributed by atoms with Crippen LogP contribution in [0, 0.1) is 10.7 Å². The first-order valence-corrected chi connectivity index (χ1v) is 39.9. The number of halogens is 4. The number of Topliss-reactive ketones (excluding diaryl/α,β-unsaturated/α-hetero) is 2. The summed E-state index contributed by atoms with van der Waals surface area (Å²) in [6.45, 7) is 0.825. The van der Waals surface area contributed by atoms with E-state index in [4.69, 9.17) is 64.5 Å². The van der Waals surface area contributed by atoms with Gasteiger partial charge in [0.25, 0.3) is 11.1 Å². The smallest absolute Gasteiger partial charge is 0.326 e. The Kier molecular flexibility index (Phi) is 36.2. The van der Waals surface area contributed by atoms with E-state index in [0.717, 1.165) is 175 Å². The maximum Gasteiger partial charge on any atom is 0.326 e. The second kappa shape index (κ2) is 45.3. The van der Waals surface area contributed by atoms with Crippen LogP contribution in [0.15, 0.2) is 215 Å². The van der Waals surface area contributed by atoms with E-state index in [-0.39, 0.29) is 79.5 Å². The van der Waals surface area contributed by atoms with Gasteiger partial charge >= 0.3 is 11.7 Å². The van der Waals surface area contributed by atoms with Crippen molar-refractivity contribution >= 4 is 87.8 Å². The van der Waals surface area contributed by atoms with Gasteiger partial charge in [0.2, 0.25) is 15.9 Å². The number of fused-ring (bicyclic) bond motifs is 17. The number of hydrogen-bond acceptors (Lipinski definition) is 17. The number of anilines is 2. The number of carbonyl (C=O) groups excluding carboxylic acids is 3. The molecule has 0 spiro atoms. The van der Waals surface area contributed by atoms with Gasteiger partial charge in [0.1, 0.15) is 22.7 Å². The normalized spacial score (nSPS) is 13.2. The number of benzene rings is 8. The number of H-pyrrole nitrogens is 4. The zero-order valence-corrected chi connectivity index (χ0v) is 66.5. The summed E-state index contributed by atoms with van der Waals surface area (Å²) < 4.78 is 5.00. The summed E-state index contributed by atoms with van der Waals surface area (Å²) in [4.78, 5) is 105. The van der Waals surface area contributed by atoms with Crippen LogP contribution in [0.3, 0.4) is 0 Å². The number of methoxy groups -OCH3 is 1. The summed E-state index contributed by atoms with van der Waals surface area (Å²) in [7, 11) is 1.32. The fraction of sp³-hybridized carbons (Fsp3) is 0.268. The van der Waals surface area contributed by atoms with Crippen molar-refractivity contribution in [3.05, 3.63) is 341 Å². The van der Waals surface area contributed by atoms with Crippen molar-refractivity contribution < 1.29 is 19.1 Å². The molecule has 0 saturated carbocycles. The summed E-state index contributed by atoms with van der Waals surface area (Å²) >= 11 is 29.0. The molecule has 25 heteroatoms. The second-order valence-electron chi connectivity index (χ2n) is 28.1. The zero-order valence-electron chi connectivity index (χ0n) is 62.7. The number of ketones is 2. The number of nitrogens with two attached hydrogens (primary N) is 1. The van der Waals surface area contributed by atoms with E-state index < -0.39 is 17.6 Å². The Labute approximate surface area is 739 Å². The summed E-state index contributed by atoms with van der Waals surface area (Å²) in [6.07, 6.45) is 14.0. The molecule has 20 nitrogen and oxygen atoms in total. The predicted octanol–water partition coefficient (Wildman–Crippen LogP) is 21.6. The molecule has 8 N–H and O–H groups in total. The van der Waals surface area contributed by atoms with Crippen molar-refractivity contribution in [2.24, 2.45) is 11.8 Å². The SMILES string of the molecule is C.C.C.C.C.C.C.COC(=O)C1CCc2ccccc2C1=O.Clc1nc(Cl)c2c(n1)-c1ccccc1CC2.Clc1nc(NCCc2ccccc2)c2c(n1)-c1ccccc1CC2.NNc1nc(Cl)nc2c1CCc1ccccc1-2.O=C1CCCc2ccccc21.O=c1[nH]c(=S)[nH]c2c1CCc1ccccc1-2.O=c1[nH]c2c(c(=O)[nH]1)CCc1ccccc1-2. The second-order valence-corrected chi connectivity index (χ2v) is 29.9. The third-order valence-electron chi connectivity index (χ3n) is 21.2. The van der Waals surface area contributed by atoms with Gasteiger partial charge in [0.15, 0.2) is 16.3 Å². The maximum atomic E-state index is 11.9. The lowest BCUT2D eigenvalue weighted by Crippen LogP contribution is -2.30. The Morgan fingerprint density at radius 1 is 0.410 bits per heavy atom. The number of hydrazine groups is 1. The van der Waals surface area contributed by atoms with E-state index in [2.05, 4.69) is 132 Å². The van der Waals surface area contributed by atoms with Crippen LogP contribution in [0.5, 0.6) is 0 Å². The Morgan fingerprint density at radius 3 is 1.27 bits per heavy atom. The summed E-state index contributed by atoms with van der Waals surface area (Å²) in [5.74, 6) is 6.13. The largest absolute Gasteiger partial charge is 0.468 e. The van der Waals surface area contributed by atoms with Crippen LogP contribution in [0.1, 0.15) is 164 Å². The molecule has 1 unspecified atom stereocenters. The quantitative estimate of drug-likeness (QED) is 0.0155. The van der Waals surface area contributed by atoms with Crippen molar-refractivity contribution in [2.75, 3.05) is 24.4 Å². The predicted molar refractivity (Wildman–Crippen MR) is 502 cm³/mol. The Balaban J connectivity index is 0.000000196. The molecule has 0 fully saturated rings. The average molecular weight is 1740 g/mol. The number of hydrogen-bond donors (Lipinski definition) is 7. The molecule has 8 aromatic carbocycles. The van der Waals surface area contributed by atoms with Crippen molar-refractivity contribution in [3.8, 4) is 56.3 Å². The Hall–Kier alpha value is -11.7. The highest BCUT2D eigenvalue weighted by Crippen LogP contribution is 2.40. The zero-order chi connectivity index (χ0) is 80.1. The van der Waals surface area contributed by atoms with E-state index in [0.29, 0.717) is 56.5 Å². The van der Waals surface area contributed by atoms with Gasteiger partial charge in [-0.25, -0.2) is 35.6 Å². The number of aromatic amines is 4. The Bertz CT molecular complexity index is 5980. The monoisotopic (exact) mass is 1740 g/mol. The molecular formula is C97H107Cl4N13O7S. The molecule has 7 aliphatic rings. The number of aromatic nitrogens is 10. The van der Waals surface area contributed by atoms with E-state index >= 15 is 0 Å². The fourth-order valence-corrected chi connectivity index (χ4v) is 16.6. The van der Waals surface area contributed by atoms with Crippen molar-refractivity contribution in [3.63, 3.8) is 0 Å². The molecule has 5 heterocycles. The van der Waals surface area contributed by atoms with Crippen molar-refractivity contribution in [2.45, 2.75) is 155 Å². The molecule has 5 aromatic heterocycles. The number of rotatable bonds is 6. The number of aryl methyl sites for hydroxylation is 7. The molecule has 0 saturated heterocycles. The minimum Gasteiger partial charge on any atom is -0.468 e. The van der Waals surface area contributed by atoms with E-state index in [9.17, 15) is 28.8 Å². The molecule has 636 valence electrons. The van der Waals surface area contributed by atoms with Crippen LogP contribution in [-0.4, -0.2) is 81.0 Å². The lowest BCUT2D eigenvalue weighted by Gasteiger charge is -2.21. The highest BCUT2D eigenvalue weighted by Gasteiger charge is 2.34. The van der Waals surface area contributed by atoms with Gasteiger partial charge < -0.3 is 25.4 Å². The number of esters is 1.